The van der Waals surface area contributed by atoms with Crippen LogP contribution in [0.4, 0.5) is 0 Å². The van der Waals surface area contributed by atoms with Crippen molar-refractivity contribution in [2.45, 2.75) is 201 Å². The summed E-state index contributed by atoms with van der Waals surface area (Å²) in [5, 5.41) is 0. The number of phosphoric acid groups is 1. The highest BCUT2D eigenvalue weighted by molar-refractivity contribution is 7.47. The van der Waals surface area contributed by atoms with Crippen LogP contribution in [-0.2, 0) is 13.6 Å². The third-order valence-corrected chi connectivity index (χ3v) is 9.55. The van der Waals surface area contributed by atoms with E-state index in [2.05, 4.69) is 25.7 Å². The van der Waals surface area contributed by atoms with E-state index in [-0.39, 0.29) is 0 Å². The third kappa shape index (κ3) is 33.0. The van der Waals surface area contributed by atoms with Crippen LogP contribution in [-0.4, -0.2) is 42.6 Å². The standard InChI is InChI=1S/C36H76NO4P/c1-4-7-10-13-15-17-19-22-27-32-37(33-28-23-20-18-16-14-11-8-5-2)34-29-24-21-26-31-36-41-42(38,39)40-35-30-25-12-9-6-3/h4-36H2,1-3H3,(H,38,39). The SMILES string of the molecule is CCCCCCCCCCCN(CCCCCCCCCCC)CCCCCCCOP(=O)(O)OCCCCCCC. The zero-order chi connectivity index (χ0) is 30.8. The fourth-order valence-electron chi connectivity index (χ4n) is 5.70. The molecule has 6 heteroatoms. The van der Waals surface area contributed by atoms with Crippen LogP contribution in [0.5, 0.6) is 0 Å². The molecule has 0 aliphatic carbocycles. The van der Waals surface area contributed by atoms with Gasteiger partial charge in [-0.05, 0) is 51.7 Å². The van der Waals surface area contributed by atoms with Crippen LogP contribution in [0.1, 0.15) is 201 Å². The zero-order valence-electron chi connectivity index (χ0n) is 28.9. The Labute approximate surface area is 264 Å². The molecule has 0 aromatic heterocycles. The molecule has 0 saturated carbocycles. The lowest BCUT2D eigenvalue weighted by Gasteiger charge is -2.22. The minimum Gasteiger partial charge on any atom is -0.303 e. The molecule has 0 amide bonds. The minimum atomic E-state index is -3.88. The van der Waals surface area contributed by atoms with Gasteiger partial charge in [-0.2, -0.15) is 0 Å². The van der Waals surface area contributed by atoms with Crippen LogP contribution >= 0.6 is 7.82 Å². The molecule has 1 N–H and O–H groups in total. The highest BCUT2D eigenvalue weighted by Crippen LogP contribution is 2.43. The molecule has 0 heterocycles. The lowest BCUT2D eigenvalue weighted by Crippen LogP contribution is -2.27. The van der Waals surface area contributed by atoms with E-state index >= 15 is 0 Å². The van der Waals surface area contributed by atoms with Crippen LogP contribution in [0.2, 0.25) is 0 Å². The van der Waals surface area contributed by atoms with Crippen LogP contribution in [0.15, 0.2) is 0 Å². The lowest BCUT2D eigenvalue weighted by molar-refractivity contribution is 0.145. The molecule has 0 rings (SSSR count). The van der Waals surface area contributed by atoms with Crippen molar-refractivity contribution >= 4 is 7.82 Å². The summed E-state index contributed by atoms with van der Waals surface area (Å²) >= 11 is 0. The topological polar surface area (TPSA) is 59.0 Å². The molecular formula is C36H76NO4P. The second-order valence-corrected chi connectivity index (χ2v) is 14.3. The molecule has 0 aromatic rings. The van der Waals surface area contributed by atoms with Crippen LogP contribution in [0.3, 0.4) is 0 Å². The molecule has 0 radical (unpaired) electrons. The average Bonchev–Trinajstić information content (AvgIpc) is 2.98. The van der Waals surface area contributed by atoms with E-state index in [0.717, 1.165) is 32.1 Å². The normalized spacial score (nSPS) is 13.3. The van der Waals surface area contributed by atoms with Gasteiger partial charge < -0.3 is 9.79 Å². The van der Waals surface area contributed by atoms with E-state index in [4.69, 9.17) is 9.05 Å². The Morgan fingerprint density at radius 3 is 0.929 bits per heavy atom. The summed E-state index contributed by atoms with van der Waals surface area (Å²) in [5.41, 5.74) is 0. The lowest BCUT2D eigenvalue weighted by atomic mass is 10.1. The molecule has 1 atom stereocenters. The third-order valence-electron chi connectivity index (χ3n) is 8.53. The van der Waals surface area contributed by atoms with Gasteiger partial charge in [0.2, 0.25) is 0 Å². The number of rotatable bonds is 36. The second-order valence-electron chi connectivity index (χ2n) is 12.8. The van der Waals surface area contributed by atoms with Gasteiger partial charge in [0, 0.05) is 0 Å². The molecule has 42 heavy (non-hydrogen) atoms. The maximum absolute atomic E-state index is 12.0. The van der Waals surface area contributed by atoms with Gasteiger partial charge in [-0.3, -0.25) is 9.05 Å². The molecular weight excluding hydrogens is 541 g/mol. The van der Waals surface area contributed by atoms with Gasteiger partial charge in [-0.25, -0.2) is 4.57 Å². The van der Waals surface area contributed by atoms with E-state index in [1.54, 1.807) is 0 Å². The Bertz CT molecular complexity index is 541. The summed E-state index contributed by atoms with van der Waals surface area (Å²) in [6.07, 6.45) is 36.1. The minimum absolute atomic E-state index is 0.312. The van der Waals surface area contributed by atoms with E-state index in [9.17, 15) is 9.46 Å². The first-order valence-corrected chi connectivity index (χ1v) is 20.4. The van der Waals surface area contributed by atoms with Crippen LogP contribution in [0.25, 0.3) is 0 Å². The maximum Gasteiger partial charge on any atom is 0.472 e. The first-order valence-electron chi connectivity index (χ1n) is 18.9. The number of nitrogens with zero attached hydrogens (tertiary/aromatic N) is 1. The monoisotopic (exact) mass is 618 g/mol. The van der Waals surface area contributed by atoms with Crippen molar-refractivity contribution in [1.82, 2.24) is 4.90 Å². The van der Waals surface area contributed by atoms with Gasteiger partial charge in [-0.15, -0.1) is 0 Å². The molecule has 0 fully saturated rings. The van der Waals surface area contributed by atoms with Gasteiger partial charge in [0.15, 0.2) is 0 Å². The van der Waals surface area contributed by atoms with Crippen molar-refractivity contribution in [3.05, 3.63) is 0 Å². The van der Waals surface area contributed by atoms with Crippen molar-refractivity contribution < 1.29 is 18.5 Å². The van der Waals surface area contributed by atoms with Gasteiger partial charge in [0.25, 0.3) is 0 Å². The van der Waals surface area contributed by atoms with Gasteiger partial charge in [0.1, 0.15) is 0 Å². The average molecular weight is 618 g/mol. The Hall–Kier alpha value is 0.0700. The summed E-state index contributed by atoms with van der Waals surface area (Å²) in [7, 11) is -3.88. The highest BCUT2D eigenvalue weighted by Gasteiger charge is 2.19. The highest BCUT2D eigenvalue weighted by atomic mass is 31.2. The molecule has 254 valence electrons. The number of hydrogen-bond acceptors (Lipinski definition) is 4. The van der Waals surface area contributed by atoms with E-state index in [0.29, 0.717) is 13.2 Å². The predicted octanol–water partition coefficient (Wildman–Crippen LogP) is 12.4. The summed E-state index contributed by atoms with van der Waals surface area (Å²) in [6, 6.07) is 0. The van der Waals surface area contributed by atoms with Gasteiger partial charge in [-0.1, -0.05) is 168 Å². The summed E-state index contributed by atoms with van der Waals surface area (Å²) in [5.74, 6) is 0. The molecule has 0 bridgehead atoms. The summed E-state index contributed by atoms with van der Waals surface area (Å²) in [4.78, 5) is 12.6. The quantitative estimate of drug-likeness (QED) is 0.0560. The van der Waals surface area contributed by atoms with Crippen molar-refractivity contribution in [3.8, 4) is 0 Å². The van der Waals surface area contributed by atoms with Gasteiger partial charge in [0.05, 0.1) is 13.2 Å². The smallest absolute Gasteiger partial charge is 0.303 e. The Balaban J connectivity index is 4.00. The first-order chi connectivity index (χ1) is 20.6. The summed E-state index contributed by atoms with van der Waals surface area (Å²) < 4.78 is 22.3. The van der Waals surface area contributed by atoms with Crippen molar-refractivity contribution in [2.75, 3.05) is 32.8 Å². The van der Waals surface area contributed by atoms with Crippen molar-refractivity contribution in [2.24, 2.45) is 0 Å². The molecule has 0 aromatic carbocycles. The number of unbranched alkanes of at least 4 members (excludes halogenated alkanes) is 24. The molecule has 1 unspecified atom stereocenters. The number of hydrogen-bond donors (Lipinski definition) is 1. The Morgan fingerprint density at radius 2 is 0.643 bits per heavy atom. The second kappa shape index (κ2) is 34.0. The van der Waals surface area contributed by atoms with E-state index in [1.807, 2.05) is 0 Å². The Morgan fingerprint density at radius 1 is 0.405 bits per heavy atom. The van der Waals surface area contributed by atoms with Crippen LogP contribution in [0, 0.1) is 0 Å². The van der Waals surface area contributed by atoms with Gasteiger partial charge >= 0.3 is 7.82 Å². The van der Waals surface area contributed by atoms with Crippen LogP contribution < -0.4 is 0 Å². The predicted molar refractivity (Wildman–Crippen MR) is 184 cm³/mol. The fourth-order valence-corrected chi connectivity index (χ4v) is 6.49. The maximum atomic E-state index is 12.0. The first kappa shape index (κ1) is 42.1. The summed E-state index contributed by atoms with van der Waals surface area (Å²) in [6.45, 7) is 11.2. The fraction of sp³-hybridized carbons (Fsp3) is 1.00. The molecule has 0 aliphatic heterocycles. The van der Waals surface area contributed by atoms with E-state index < -0.39 is 7.82 Å². The molecule has 0 aliphatic rings. The largest absolute Gasteiger partial charge is 0.472 e. The zero-order valence-corrected chi connectivity index (χ0v) is 29.8. The Kier molecular flexibility index (Phi) is 34.0. The molecule has 0 spiro atoms. The van der Waals surface area contributed by atoms with Crippen molar-refractivity contribution in [3.63, 3.8) is 0 Å². The van der Waals surface area contributed by atoms with E-state index in [1.165, 1.54) is 167 Å². The molecule has 5 nitrogen and oxygen atoms in total. The van der Waals surface area contributed by atoms with Crippen molar-refractivity contribution in [1.29, 1.82) is 0 Å². The number of phosphoric ester groups is 1. The molecule has 0 saturated heterocycles.